The zero-order valence-electron chi connectivity index (χ0n) is 5.45. The number of carbonyl (C=O) groups is 1. The molecule has 0 amide bonds. The molecule has 60 valence electrons. The van der Waals surface area contributed by atoms with Gasteiger partial charge < -0.3 is 15.4 Å². The van der Waals surface area contributed by atoms with E-state index in [9.17, 15) is 10.0 Å². The highest BCUT2D eigenvalue weighted by molar-refractivity contribution is 9.09. The van der Waals surface area contributed by atoms with E-state index in [0.717, 1.165) is 0 Å². The van der Waals surface area contributed by atoms with Crippen LogP contribution in [0.15, 0.2) is 23.9 Å². The summed E-state index contributed by atoms with van der Waals surface area (Å²) < 4.78 is 0. The molecule has 1 heterocycles. The second-order valence-corrected chi connectivity index (χ2v) is 3.02. The highest BCUT2D eigenvalue weighted by atomic mass is 79.9. The Morgan fingerprint density at radius 1 is 1.82 bits per heavy atom. The number of carboxylic acid groups (broad SMARTS) is 1. The molecule has 2 atom stereocenters. The monoisotopic (exact) mass is 219 g/mol. The van der Waals surface area contributed by atoms with E-state index in [1.807, 2.05) is 0 Å². The van der Waals surface area contributed by atoms with E-state index in [1.165, 1.54) is 6.08 Å². The number of hydroxylamine groups is 2. The Morgan fingerprint density at radius 2 is 2.45 bits per heavy atom. The van der Waals surface area contributed by atoms with Crippen LogP contribution in [0.25, 0.3) is 0 Å². The van der Waals surface area contributed by atoms with Crippen molar-refractivity contribution >= 4 is 21.9 Å². The Morgan fingerprint density at radius 3 is 2.91 bits per heavy atom. The van der Waals surface area contributed by atoms with Crippen molar-refractivity contribution in [3.05, 3.63) is 29.1 Å². The quantitative estimate of drug-likeness (QED) is 0.360. The van der Waals surface area contributed by atoms with Crippen LogP contribution in [0.5, 0.6) is 0 Å². The lowest BCUT2D eigenvalue weighted by molar-refractivity contribution is -0.805. The summed E-state index contributed by atoms with van der Waals surface area (Å²) in [4.78, 5) is 9.88. The molecular weight excluding hydrogens is 214 g/mol. The first-order chi connectivity index (χ1) is 5.13. The molecule has 5 heteroatoms. The van der Waals surface area contributed by atoms with Crippen LogP contribution < -0.4 is 5.06 Å². The summed E-state index contributed by atoms with van der Waals surface area (Å²) in [7, 11) is 0. The minimum Gasteiger partial charge on any atom is -0.628 e. The van der Waals surface area contributed by atoms with Crippen molar-refractivity contribution < 1.29 is 15.0 Å². The van der Waals surface area contributed by atoms with Crippen LogP contribution in [-0.4, -0.2) is 16.0 Å². The molecule has 0 saturated carbocycles. The molecule has 2 N–H and O–H groups in total. The standard InChI is InChI=1S/C6H6BrNO3/c7-5-3-1-2-4(6(9)10)8(5)11/h1-3,5,8H,(H,9,10). The number of quaternary nitrogens is 1. The van der Waals surface area contributed by atoms with Crippen LogP contribution in [0, 0.1) is 5.21 Å². The molecule has 0 aromatic heterocycles. The van der Waals surface area contributed by atoms with Gasteiger partial charge in [0.15, 0.2) is 4.95 Å². The van der Waals surface area contributed by atoms with Crippen LogP contribution in [0.2, 0.25) is 0 Å². The van der Waals surface area contributed by atoms with Gasteiger partial charge in [-0.2, -0.15) is 0 Å². The summed E-state index contributed by atoms with van der Waals surface area (Å²) in [5.41, 5.74) is -0.172. The second kappa shape index (κ2) is 3.17. The van der Waals surface area contributed by atoms with E-state index < -0.39 is 16.0 Å². The largest absolute Gasteiger partial charge is 0.628 e. The van der Waals surface area contributed by atoms with E-state index in [-0.39, 0.29) is 5.70 Å². The SMILES string of the molecule is O=C(O)C1=CC=CC(Br)[NH+]1[O-]. The van der Waals surface area contributed by atoms with Crippen LogP contribution in [0.3, 0.4) is 0 Å². The molecule has 0 aromatic carbocycles. The van der Waals surface area contributed by atoms with Crippen molar-refractivity contribution in [3.63, 3.8) is 0 Å². The number of halogens is 1. The molecule has 11 heavy (non-hydrogen) atoms. The first-order valence-electron chi connectivity index (χ1n) is 2.93. The Kier molecular flexibility index (Phi) is 2.43. The van der Waals surface area contributed by atoms with Crippen molar-refractivity contribution in [1.29, 1.82) is 0 Å². The van der Waals surface area contributed by atoms with Crippen molar-refractivity contribution in [2.75, 3.05) is 0 Å². The van der Waals surface area contributed by atoms with Crippen molar-refractivity contribution in [3.8, 4) is 0 Å². The van der Waals surface area contributed by atoms with Gasteiger partial charge in [0.25, 0.3) is 0 Å². The van der Waals surface area contributed by atoms with Gasteiger partial charge >= 0.3 is 5.97 Å². The van der Waals surface area contributed by atoms with E-state index in [0.29, 0.717) is 0 Å². The van der Waals surface area contributed by atoms with Gasteiger partial charge in [0.05, 0.1) is 0 Å². The van der Waals surface area contributed by atoms with Crippen molar-refractivity contribution in [2.24, 2.45) is 0 Å². The minimum absolute atomic E-state index is 0.172. The average molecular weight is 220 g/mol. The molecule has 0 aliphatic carbocycles. The van der Waals surface area contributed by atoms with Gasteiger partial charge in [0.2, 0.25) is 5.70 Å². The molecule has 0 bridgehead atoms. The molecule has 0 fully saturated rings. The van der Waals surface area contributed by atoms with E-state index in [1.54, 1.807) is 12.2 Å². The van der Waals surface area contributed by atoms with Crippen molar-refractivity contribution in [1.82, 2.24) is 0 Å². The fraction of sp³-hybridized carbons (Fsp3) is 0.167. The predicted octanol–water partition coefficient (Wildman–Crippen LogP) is -0.372. The predicted molar refractivity (Wildman–Crippen MR) is 41.9 cm³/mol. The normalized spacial score (nSPS) is 29.8. The lowest BCUT2D eigenvalue weighted by atomic mass is 10.3. The number of alkyl halides is 1. The van der Waals surface area contributed by atoms with Gasteiger partial charge in [0.1, 0.15) is 0 Å². The van der Waals surface area contributed by atoms with Gasteiger partial charge in [-0.3, -0.25) is 0 Å². The summed E-state index contributed by atoms with van der Waals surface area (Å²) in [6.07, 6.45) is 4.43. The molecule has 0 saturated heterocycles. The third-order valence-electron chi connectivity index (χ3n) is 1.29. The summed E-state index contributed by atoms with van der Waals surface area (Å²) >= 11 is 3.02. The van der Waals surface area contributed by atoms with Crippen LogP contribution >= 0.6 is 15.9 Å². The maximum atomic E-state index is 11.0. The second-order valence-electron chi connectivity index (χ2n) is 2.04. The summed E-state index contributed by atoms with van der Waals surface area (Å²) in [5, 5.41) is 19.1. The topological polar surface area (TPSA) is 64.8 Å². The number of rotatable bonds is 1. The smallest absolute Gasteiger partial charge is 0.390 e. The van der Waals surface area contributed by atoms with Crippen LogP contribution in [0.4, 0.5) is 0 Å². The molecule has 1 rings (SSSR count). The van der Waals surface area contributed by atoms with Crippen LogP contribution in [0.1, 0.15) is 0 Å². The summed E-state index contributed by atoms with van der Waals surface area (Å²) in [6, 6.07) is 0. The highest BCUT2D eigenvalue weighted by Crippen LogP contribution is 2.01. The van der Waals surface area contributed by atoms with Gasteiger partial charge in [-0.15, -0.1) is 0 Å². The third-order valence-corrected chi connectivity index (χ3v) is 2.01. The Hall–Kier alpha value is -0.650. The number of hydrogen-bond donors (Lipinski definition) is 2. The molecule has 4 nitrogen and oxygen atoms in total. The number of nitrogens with one attached hydrogen (secondary N) is 1. The Bertz CT molecular complexity index is 236. The zero-order chi connectivity index (χ0) is 8.43. The van der Waals surface area contributed by atoms with E-state index in [4.69, 9.17) is 5.11 Å². The Labute approximate surface area is 71.5 Å². The summed E-state index contributed by atoms with van der Waals surface area (Å²) in [5.74, 6) is -1.18. The van der Waals surface area contributed by atoms with Gasteiger partial charge in [-0.05, 0) is 22.0 Å². The fourth-order valence-corrected chi connectivity index (χ4v) is 1.17. The molecule has 0 spiro atoms. The number of hydrogen-bond acceptors (Lipinski definition) is 2. The minimum atomic E-state index is -1.18. The average Bonchev–Trinajstić information content (AvgIpc) is 1.94. The van der Waals surface area contributed by atoms with Gasteiger partial charge in [-0.25, -0.2) is 4.79 Å². The lowest BCUT2D eigenvalue weighted by Gasteiger charge is -2.26. The number of carboxylic acids is 1. The molecule has 1 aliphatic heterocycles. The van der Waals surface area contributed by atoms with Gasteiger partial charge in [-0.1, -0.05) is 6.08 Å². The fourth-order valence-electron chi connectivity index (χ4n) is 0.744. The molecular formula is C6H6BrNO3. The summed E-state index contributed by atoms with van der Waals surface area (Å²) in [6.45, 7) is 0. The molecule has 1 aliphatic rings. The maximum Gasteiger partial charge on any atom is 0.390 e. The number of aliphatic carboxylic acids is 1. The van der Waals surface area contributed by atoms with Crippen LogP contribution in [-0.2, 0) is 4.79 Å². The first kappa shape index (κ1) is 8.45. The Balaban J connectivity index is 2.87. The zero-order valence-corrected chi connectivity index (χ0v) is 7.04. The van der Waals surface area contributed by atoms with E-state index >= 15 is 0 Å². The molecule has 0 radical (unpaired) electrons. The molecule has 0 aromatic rings. The first-order valence-corrected chi connectivity index (χ1v) is 3.84. The number of allylic oxidation sites excluding steroid dienone is 2. The lowest BCUT2D eigenvalue weighted by Crippen LogP contribution is -3.09. The van der Waals surface area contributed by atoms with Gasteiger partial charge in [0, 0.05) is 6.08 Å². The maximum absolute atomic E-state index is 11.0. The molecule has 2 unspecified atom stereocenters. The van der Waals surface area contributed by atoms with E-state index in [2.05, 4.69) is 15.9 Å². The highest BCUT2D eigenvalue weighted by Gasteiger charge is 2.22. The van der Waals surface area contributed by atoms with Crippen molar-refractivity contribution in [2.45, 2.75) is 4.95 Å². The third kappa shape index (κ3) is 1.68.